The van der Waals surface area contributed by atoms with Gasteiger partial charge in [0.05, 0.1) is 12.0 Å². The fourth-order valence-corrected chi connectivity index (χ4v) is 2.19. The average Bonchev–Trinajstić information content (AvgIpc) is 2.42. The highest BCUT2D eigenvalue weighted by atomic mass is 79.9. The minimum Gasteiger partial charge on any atom is -0.383 e. The van der Waals surface area contributed by atoms with Crippen molar-refractivity contribution in [2.75, 3.05) is 33.4 Å². The largest absolute Gasteiger partial charge is 0.383 e. The lowest BCUT2D eigenvalue weighted by Gasteiger charge is -2.24. The first-order chi connectivity index (χ1) is 9.48. The highest BCUT2D eigenvalue weighted by Crippen LogP contribution is 2.25. The molecule has 0 spiro atoms. The molecule has 0 saturated heterocycles. The van der Waals surface area contributed by atoms with E-state index in [4.69, 9.17) is 4.74 Å². The van der Waals surface area contributed by atoms with E-state index in [9.17, 15) is 4.79 Å². The Morgan fingerprint density at radius 2 is 2.05 bits per heavy atom. The van der Waals surface area contributed by atoms with Crippen LogP contribution in [0, 0.1) is 0 Å². The fourth-order valence-electron chi connectivity index (χ4n) is 1.79. The Labute approximate surface area is 129 Å². The zero-order valence-corrected chi connectivity index (χ0v) is 13.9. The van der Waals surface area contributed by atoms with Gasteiger partial charge in [-0.1, -0.05) is 28.1 Å². The predicted octanol–water partition coefficient (Wildman–Crippen LogP) is 2.08. The van der Waals surface area contributed by atoms with Gasteiger partial charge in [-0.2, -0.15) is 0 Å². The van der Waals surface area contributed by atoms with E-state index in [0.717, 1.165) is 23.1 Å². The SMILES string of the molecule is COCCNCCNC(=O)C(C)(C)c1cccc(Br)c1. The van der Waals surface area contributed by atoms with Gasteiger partial charge in [-0.3, -0.25) is 4.79 Å². The molecule has 0 heterocycles. The lowest BCUT2D eigenvalue weighted by molar-refractivity contribution is -0.125. The molecule has 0 unspecified atom stereocenters. The first-order valence-corrected chi connectivity index (χ1v) is 7.52. The third-order valence-corrected chi connectivity index (χ3v) is 3.68. The summed E-state index contributed by atoms with van der Waals surface area (Å²) in [5.74, 6) is 0.0316. The van der Waals surface area contributed by atoms with Crippen molar-refractivity contribution in [2.45, 2.75) is 19.3 Å². The van der Waals surface area contributed by atoms with E-state index in [1.807, 2.05) is 38.1 Å². The van der Waals surface area contributed by atoms with Crippen LogP contribution in [0.1, 0.15) is 19.4 Å². The maximum absolute atomic E-state index is 12.3. The molecule has 1 rings (SSSR count). The maximum Gasteiger partial charge on any atom is 0.230 e. The molecule has 0 aromatic heterocycles. The maximum atomic E-state index is 12.3. The summed E-state index contributed by atoms with van der Waals surface area (Å²) in [4.78, 5) is 12.3. The monoisotopic (exact) mass is 342 g/mol. The first kappa shape index (κ1) is 17.1. The molecule has 1 aromatic rings. The summed E-state index contributed by atoms with van der Waals surface area (Å²) in [6.45, 7) is 6.69. The molecule has 1 amide bonds. The molecule has 0 radical (unpaired) electrons. The second-order valence-electron chi connectivity index (χ2n) is 5.13. The fraction of sp³-hybridized carbons (Fsp3) is 0.533. The van der Waals surface area contributed by atoms with Crippen molar-refractivity contribution in [3.8, 4) is 0 Å². The molecule has 20 heavy (non-hydrogen) atoms. The van der Waals surface area contributed by atoms with Crippen LogP contribution in [-0.2, 0) is 14.9 Å². The van der Waals surface area contributed by atoms with Crippen molar-refractivity contribution < 1.29 is 9.53 Å². The molecule has 5 heteroatoms. The summed E-state index contributed by atoms with van der Waals surface area (Å²) in [5, 5.41) is 6.16. The van der Waals surface area contributed by atoms with Crippen LogP contribution >= 0.6 is 15.9 Å². The van der Waals surface area contributed by atoms with E-state index in [1.54, 1.807) is 7.11 Å². The van der Waals surface area contributed by atoms with E-state index >= 15 is 0 Å². The third kappa shape index (κ3) is 5.23. The van der Waals surface area contributed by atoms with Gasteiger partial charge in [0, 0.05) is 31.2 Å². The van der Waals surface area contributed by atoms with Gasteiger partial charge >= 0.3 is 0 Å². The molecule has 2 N–H and O–H groups in total. The van der Waals surface area contributed by atoms with Crippen LogP contribution in [0.25, 0.3) is 0 Å². The molecule has 0 aliphatic carbocycles. The molecular weight excluding hydrogens is 320 g/mol. The van der Waals surface area contributed by atoms with Crippen molar-refractivity contribution in [1.29, 1.82) is 0 Å². The standard InChI is InChI=1S/C15H23BrN2O2/c1-15(2,12-5-4-6-13(16)11-12)14(19)18-8-7-17-9-10-20-3/h4-6,11,17H,7-10H2,1-3H3,(H,18,19). The van der Waals surface area contributed by atoms with Gasteiger partial charge in [0.1, 0.15) is 0 Å². The first-order valence-electron chi connectivity index (χ1n) is 6.72. The van der Waals surface area contributed by atoms with E-state index in [2.05, 4.69) is 26.6 Å². The number of hydrogen-bond acceptors (Lipinski definition) is 3. The van der Waals surface area contributed by atoms with Gasteiger partial charge in [-0.15, -0.1) is 0 Å². The second-order valence-corrected chi connectivity index (χ2v) is 6.05. The van der Waals surface area contributed by atoms with Gasteiger partial charge in [0.25, 0.3) is 0 Å². The minimum absolute atomic E-state index is 0.0316. The Balaban J connectivity index is 2.45. The summed E-state index contributed by atoms with van der Waals surface area (Å²) >= 11 is 3.44. The molecule has 0 aliphatic rings. The molecular formula is C15H23BrN2O2. The Morgan fingerprint density at radius 3 is 2.70 bits per heavy atom. The van der Waals surface area contributed by atoms with Crippen LogP contribution < -0.4 is 10.6 Å². The lowest BCUT2D eigenvalue weighted by Crippen LogP contribution is -2.42. The van der Waals surface area contributed by atoms with E-state index < -0.39 is 5.41 Å². The van der Waals surface area contributed by atoms with E-state index in [-0.39, 0.29) is 5.91 Å². The molecule has 0 atom stereocenters. The smallest absolute Gasteiger partial charge is 0.230 e. The minimum atomic E-state index is -0.545. The molecule has 112 valence electrons. The lowest BCUT2D eigenvalue weighted by atomic mass is 9.84. The Morgan fingerprint density at radius 1 is 1.30 bits per heavy atom. The third-order valence-electron chi connectivity index (χ3n) is 3.18. The molecule has 0 saturated carbocycles. The number of benzene rings is 1. The van der Waals surface area contributed by atoms with Gasteiger partial charge in [-0.25, -0.2) is 0 Å². The number of carbonyl (C=O) groups is 1. The number of methoxy groups -OCH3 is 1. The van der Waals surface area contributed by atoms with Crippen molar-refractivity contribution >= 4 is 21.8 Å². The molecule has 0 bridgehead atoms. The van der Waals surface area contributed by atoms with Crippen molar-refractivity contribution in [2.24, 2.45) is 0 Å². The second kappa shape index (κ2) is 8.39. The van der Waals surface area contributed by atoms with E-state index in [1.165, 1.54) is 0 Å². The molecule has 1 aromatic carbocycles. The van der Waals surface area contributed by atoms with Crippen LogP contribution in [0.2, 0.25) is 0 Å². The number of hydrogen-bond donors (Lipinski definition) is 2. The normalized spacial score (nSPS) is 11.4. The van der Waals surface area contributed by atoms with Gasteiger partial charge in [-0.05, 0) is 31.5 Å². The zero-order valence-electron chi connectivity index (χ0n) is 12.3. The zero-order chi connectivity index (χ0) is 15.0. The van der Waals surface area contributed by atoms with Crippen molar-refractivity contribution in [3.63, 3.8) is 0 Å². The quantitative estimate of drug-likeness (QED) is 0.711. The highest BCUT2D eigenvalue weighted by molar-refractivity contribution is 9.10. The van der Waals surface area contributed by atoms with Crippen LogP contribution in [0.15, 0.2) is 28.7 Å². The van der Waals surface area contributed by atoms with Crippen LogP contribution in [0.5, 0.6) is 0 Å². The van der Waals surface area contributed by atoms with Gasteiger partial charge in [0.2, 0.25) is 5.91 Å². The number of rotatable bonds is 8. The van der Waals surface area contributed by atoms with Crippen molar-refractivity contribution in [1.82, 2.24) is 10.6 Å². The van der Waals surface area contributed by atoms with Crippen LogP contribution in [-0.4, -0.2) is 39.3 Å². The topological polar surface area (TPSA) is 50.4 Å². The van der Waals surface area contributed by atoms with Crippen molar-refractivity contribution in [3.05, 3.63) is 34.3 Å². The molecule has 0 aliphatic heterocycles. The predicted molar refractivity (Wildman–Crippen MR) is 84.9 cm³/mol. The number of halogens is 1. The van der Waals surface area contributed by atoms with Gasteiger partial charge < -0.3 is 15.4 Å². The summed E-state index contributed by atoms with van der Waals surface area (Å²) in [7, 11) is 1.67. The molecule has 0 fully saturated rings. The summed E-state index contributed by atoms with van der Waals surface area (Å²) < 4.78 is 5.92. The van der Waals surface area contributed by atoms with Crippen LogP contribution in [0.4, 0.5) is 0 Å². The van der Waals surface area contributed by atoms with E-state index in [0.29, 0.717) is 13.2 Å². The molecule has 4 nitrogen and oxygen atoms in total. The number of ether oxygens (including phenoxy) is 1. The average molecular weight is 343 g/mol. The highest BCUT2D eigenvalue weighted by Gasteiger charge is 2.29. The Kier molecular flexibility index (Phi) is 7.19. The number of carbonyl (C=O) groups excluding carboxylic acids is 1. The number of amides is 1. The van der Waals surface area contributed by atoms with Gasteiger partial charge in [0.15, 0.2) is 0 Å². The summed E-state index contributed by atoms with van der Waals surface area (Å²) in [5.41, 5.74) is 0.452. The number of nitrogens with one attached hydrogen (secondary N) is 2. The summed E-state index contributed by atoms with van der Waals surface area (Å²) in [6, 6.07) is 7.86. The Hall–Kier alpha value is -0.910. The Bertz CT molecular complexity index is 436. The summed E-state index contributed by atoms with van der Waals surface area (Å²) in [6.07, 6.45) is 0. The van der Waals surface area contributed by atoms with Crippen LogP contribution in [0.3, 0.4) is 0 Å².